The van der Waals surface area contributed by atoms with Gasteiger partial charge in [-0.05, 0) is 29.8 Å². The van der Waals surface area contributed by atoms with E-state index in [4.69, 9.17) is 4.74 Å². The van der Waals surface area contributed by atoms with E-state index in [2.05, 4.69) is 9.97 Å². The molecule has 0 amide bonds. The first kappa shape index (κ1) is 13.8. The third kappa shape index (κ3) is 2.57. The van der Waals surface area contributed by atoms with Gasteiger partial charge in [-0.3, -0.25) is 4.79 Å². The highest BCUT2D eigenvalue weighted by Crippen LogP contribution is 2.25. The number of carbonyl (C=O) groups is 2. The molecular formula is C14H10N2O3S2. The second kappa shape index (κ2) is 5.71. The van der Waals surface area contributed by atoms with E-state index in [0.717, 1.165) is 0 Å². The number of fused-ring (bicyclic) bond motifs is 1. The summed E-state index contributed by atoms with van der Waals surface area (Å²) >= 11 is 2.72. The molecule has 0 saturated heterocycles. The zero-order valence-electron chi connectivity index (χ0n) is 11.0. The predicted octanol–water partition coefficient (Wildman–Crippen LogP) is 3.16. The fourth-order valence-corrected chi connectivity index (χ4v) is 3.31. The molecule has 3 rings (SSSR count). The van der Waals surface area contributed by atoms with Gasteiger partial charge in [0, 0.05) is 0 Å². The molecule has 7 heteroatoms. The van der Waals surface area contributed by atoms with Crippen molar-refractivity contribution in [2.45, 2.75) is 6.92 Å². The highest BCUT2D eigenvalue weighted by Gasteiger charge is 2.21. The molecule has 106 valence electrons. The number of esters is 1. The summed E-state index contributed by atoms with van der Waals surface area (Å²) in [7, 11) is 0. The Labute approximate surface area is 128 Å². The van der Waals surface area contributed by atoms with Gasteiger partial charge in [-0.15, -0.1) is 22.7 Å². The largest absolute Gasteiger partial charge is 0.460 e. The van der Waals surface area contributed by atoms with Crippen molar-refractivity contribution in [3.8, 4) is 0 Å². The Morgan fingerprint density at radius 3 is 2.76 bits per heavy atom. The molecule has 0 bridgehead atoms. The minimum absolute atomic E-state index is 0.0809. The second-order valence-corrected chi connectivity index (χ2v) is 5.92. The van der Waals surface area contributed by atoms with Crippen molar-refractivity contribution in [1.29, 1.82) is 0 Å². The molecule has 21 heavy (non-hydrogen) atoms. The molecule has 0 atom stereocenters. The van der Waals surface area contributed by atoms with Gasteiger partial charge in [0.1, 0.15) is 5.69 Å². The molecule has 0 radical (unpaired) electrons. The molecule has 5 nitrogen and oxygen atoms in total. The summed E-state index contributed by atoms with van der Waals surface area (Å²) in [5.74, 6) is -0.904. The van der Waals surface area contributed by atoms with Gasteiger partial charge in [0.05, 0.1) is 21.7 Å². The molecule has 0 N–H and O–H groups in total. The van der Waals surface area contributed by atoms with Gasteiger partial charge in [0.25, 0.3) is 0 Å². The number of hydrogen-bond acceptors (Lipinski definition) is 7. The van der Waals surface area contributed by atoms with Crippen LogP contribution in [0.1, 0.15) is 32.9 Å². The van der Waals surface area contributed by atoms with E-state index in [1.807, 2.05) is 10.8 Å². The van der Waals surface area contributed by atoms with Crippen molar-refractivity contribution < 1.29 is 14.3 Å². The number of ether oxygens (including phenoxy) is 1. The van der Waals surface area contributed by atoms with Crippen LogP contribution in [-0.2, 0) is 4.74 Å². The van der Waals surface area contributed by atoms with E-state index in [1.165, 1.54) is 22.7 Å². The Bertz CT molecular complexity index is 809. The van der Waals surface area contributed by atoms with Gasteiger partial charge in [-0.2, -0.15) is 0 Å². The summed E-state index contributed by atoms with van der Waals surface area (Å²) < 4.78 is 5.59. The third-order valence-electron chi connectivity index (χ3n) is 2.72. The maximum absolute atomic E-state index is 12.5. The average molecular weight is 318 g/mol. The van der Waals surface area contributed by atoms with Gasteiger partial charge in [0.15, 0.2) is 0 Å². The minimum Gasteiger partial charge on any atom is -0.460 e. The van der Waals surface area contributed by atoms with E-state index in [0.29, 0.717) is 15.1 Å². The van der Waals surface area contributed by atoms with E-state index in [9.17, 15) is 9.59 Å². The molecule has 0 saturated carbocycles. The molecule has 0 unspecified atom stereocenters. The lowest BCUT2D eigenvalue weighted by molar-refractivity contribution is 0.0512. The summed E-state index contributed by atoms with van der Waals surface area (Å²) in [6, 6.07) is 5.30. The van der Waals surface area contributed by atoms with Crippen LogP contribution < -0.4 is 0 Å². The summed E-state index contributed by atoms with van der Waals surface area (Å²) in [4.78, 5) is 33.2. The van der Waals surface area contributed by atoms with Gasteiger partial charge in [-0.1, -0.05) is 6.07 Å². The van der Waals surface area contributed by atoms with Crippen LogP contribution in [0.15, 0.2) is 29.0 Å². The number of thiophene rings is 2. The van der Waals surface area contributed by atoms with E-state index >= 15 is 0 Å². The average Bonchev–Trinajstić information content (AvgIpc) is 3.16. The van der Waals surface area contributed by atoms with Gasteiger partial charge in [0.2, 0.25) is 11.6 Å². The topological polar surface area (TPSA) is 69.2 Å². The number of nitrogens with zero attached hydrogens (tertiary/aromatic N) is 2. The van der Waals surface area contributed by atoms with Gasteiger partial charge in [-0.25, -0.2) is 14.8 Å². The molecule has 0 spiro atoms. The Morgan fingerprint density at radius 2 is 2.05 bits per heavy atom. The monoisotopic (exact) mass is 318 g/mol. The van der Waals surface area contributed by atoms with Crippen LogP contribution in [0.25, 0.3) is 10.2 Å². The van der Waals surface area contributed by atoms with Crippen molar-refractivity contribution in [3.05, 3.63) is 45.4 Å². The Balaban J connectivity index is 2.14. The van der Waals surface area contributed by atoms with Crippen molar-refractivity contribution in [2.75, 3.05) is 6.61 Å². The van der Waals surface area contributed by atoms with Crippen molar-refractivity contribution in [3.63, 3.8) is 0 Å². The SMILES string of the molecule is CCOC(=O)c1nc(C(=O)c2cccs2)c2sccc2n1. The van der Waals surface area contributed by atoms with Gasteiger partial charge < -0.3 is 4.74 Å². The molecule has 0 aliphatic heterocycles. The maximum Gasteiger partial charge on any atom is 0.376 e. The van der Waals surface area contributed by atoms with Crippen molar-refractivity contribution >= 4 is 44.6 Å². The molecule has 0 aliphatic rings. The molecule has 3 heterocycles. The van der Waals surface area contributed by atoms with Crippen LogP contribution in [0.3, 0.4) is 0 Å². The highest BCUT2D eigenvalue weighted by atomic mass is 32.1. The number of rotatable bonds is 4. The molecule has 3 aromatic heterocycles. The second-order valence-electron chi connectivity index (χ2n) is 4.06. The van der Waals surface area contributed by atoms with Crippen LogP contribution in [0.5, 0.6) is 0 Å². The first-order valence-electron chi connectivity index (χ1n) is 6.21. The molecule has 3 aromatic rings. The summed E-state index contributed by atoms with van der Waals surface area (Å²) in [6.07, 6.45) is 0. The third-order valence-corrected chi connectivity index (χ3v) is 4.50. The molecule has 0 fully saturated rings. The highest BCUT2D eigenvalue weighted by molar-refractivity contribution is 7.17. The zero-order chi connectivity index (χ0) is 14.8. The van der Waals surface area contributed by atoms with Crippen LogP contribution >= 0.6 is 22.7 Å². The van der Waals surface area contributed by atoms with Crippen LogP contribution in [0, 0.1) is 0 Å². The van der Waals surface area contributed by atoms with E-state index in [1.54, 1.807) is 25.1 Å². The zero-order valence-corrected chi connectivity index (χ0v) is 12.7. The van der Waals surface area contributed by atoms with Crippen LogP contribution in [0.4, 0.5) is 0 Å². The Hall–Kier alpha value is -2.12. The predicted molar refractivity (Wildman–Crippen MR) is 81.1 cm³/mol. The fourth-order valence-electron chi connectivity index (χ4n) is 1.83. The molecule has 0 aliphatic carbocycles. The molecular weight excluding hydrogens is 308 g/mol. The lowest BCUT2D eigenvalue weighted by Crippen LogP contribution is -2.13. The number of ketones is 1. The Morgan fingerprint density at radius 1 is 1.19 bits per heavy atom. The van der Waals surface area contributed by atoms with E-state index < -0.39 is 5.97 Å². The molecule has 0 aromatic carbocycles. The van der Waals surface area contributed by atoms with Gasteiger partial charge >= 0.3 is 5.97 Å². The first-order valence-corrected chi connectivity index (χ1v) is 7.97. The lowest BCUT2D eigenvalue weighted by atomic mass is 10.2. The Kier molecular flexibility index (Phi) is 3.76. The summed E-state index contributed by atoms with van der Waals surface area (Å²) in [6.45, 7) is 1.94. The van der Waals surface area contributed by atoms with Crippen molar-refractivity contribution in [2.24, 2.45) is 0 Å². The summed E-state index contributed by atoms with van der Waals surface area (Å²) in [5.41, 5.74) is 0.832. The van der Waals surface area contributed by atoms with Crippen LogP contribution in [0.2, 0.25) is 0 Å². The lowest BCUT2D eigenvalue weighted by Gasteiger charge is -2.04. The number of hydrogen-bond donors (Lipinski definition) is 0. The first-order chi connectivity index (χ1) is 10.2. The number of carbonyl (C=O) groups excluding carboxylic acids is 2. The van der Waals surface area contributed by atoms with E-state index in [-0.39, 0.29) is 23.9 Å². The van der Waals surface area contributed by atoms with Crippen molar-refractivity contribution in [1.82, 2.24) is 9.97 Å². The minimum atomic E-state index is -0.620. The normalized spacial score (nSPS) is 10.7. The fraction of sp³-hybridized carbons (Fsp3) is 0.143. The van der Waals surface area contributed by atoms with Crippen LogP contribution in [-0.4, -0.2) is 28.3 Å². The quantitative estimate of drug-likeness (QED) is 0.546. The smallest absolute Gasteiger partial charge is 0.376 e. The number of aromatic nitrogens is 2. The maximum atomic E-state index is 12.5. The standard InChI is InChI=1S/C14H10N2O3S2/c1-2-19-14(18)13-15-8-5-7-21-12(8)10(16-13)11(17)9-4-3-6-20-9/h3-7H,2H2,1H3. The summed E-state index contributed by atoms with van der Waals surface area (Å²) in [5, 5.41) is 3.64.